The number of amides is 4. The zero-order chi connectivity index (χ0) is 34.6. The fourth-order valence-corrected chi connectivity index (χ4v) is 5.80. The molecule has 0 aliphatic carbocycles. The smallest absolute Gasteiger partial charge is 0.444 e. The molecule has 2 atom stereocenters. The lowest BCUT2D eigenvalue weighted by atomic mass is 10.2. The molecule has 4 amide bonds. The van der Waals surface area contributed by atoms with Gasteiger partial charge in [-0.3, -0.25) is 19.4 Å². The molecule has 14 nitrogen and oxygen atoms in total. The summed E-state index contributed by atoms with van der Waals surface area (Å²) in [6.45, 7) is 11.3. The van der Waals surface area contributed by atoms with Crippen LogP contribution in [0.4, 0.5) is 21.0 Å². The van der Waals surface area contributed by atoms with Crippen molar-refractivity contribution in [1.82, 2.24) is 9.80 Å². The van der Waals surface area contributed by atoms with E-state index in [0.29, 0.717) is 44.5 Å². The Kier molecular flexibility index (Phi) is 10.6. The van der Waals surface area contributed by atoms with Crippen molar-refractivity contribution in [2.24, 2.45) is 0 Å². The maximum absolute atomic E-state index is 13.0. The van der Waals surface area contributed by atoms with Crippen LogP contribution in [0.25, 0.3) is 0 Å². The average molecular weight is 675 g/mol. The van der Waals surface area contributed by atoms with Crippen LogP contribution in [-0.2, 0) is 29.5 Å². The molecule has 4 rings (SSSR count). The SMILES string of the molecule is CC(C)(C)OC(=O)N1CCC[C@@H]1C(=O)Nc1cccc(OS(=O)(=O)Oc2ccc(NC(=O)[C@@H]3CCCN3C(=O)OC(C)(C)C)cc2)c1. The van der Waals surface area contributed by atoms with E-state index in [1.165, 1.54) is 52.3 Å². The largest absolute Gasteiger partial charge is 0.500 e. The van der Waals surface area contributed by atoms with Gasteiger partial charge in [-0.2, -0.15) is 0 Å². The van der Waals surface area contributed by atoms with Gasteiger partial charge in [0.2, 0.25) is 11.8 Å². The number of anilines is 2. The first kappa shape index (κ1) is 35.3. The van der Waals surface area contributed by atoms with E-state index in [0.717, 1.165) is 0 Å². The summed E-state index contributed by atoms with van der Waals surface area (Å²) in [5.74, 6) is -1.03. The van der Waals surface area contributed by atoms with Gasteiger partial charge in [0, 0.05) is 30.5 Å². The molecule has 0 saturated carbocycles. The molecule has 2 aromatic carbocycles. The predicted molar refractivity (Wildman–Crippen MR) is 172 cm³/mol. The minimum atomic E-state index is -4.59. The normalized spacial score (nSPS) is 18.3. The first-order valence-corrected chi connectivity index (χ1v) is 16.7. The summed E-state index contributed by atoms with van der Waals surface area (Å²) in [5.41, 5.74) is -0.777. The van der Waals surface area contributed by atoms with E-state index in [-0.39, 0.29) is 17.2 Å². The lowest BCUT2D eigenvalue weighted by Crippen LogP contribution is -2.45. The molecule has 47 heavy (non-hydrogen) atoms. The minimum Gasteiger partial charge on any atom is -0.444 e. The van der Waals surface area contributed by atoms with Gasteiger partial charge in [0.25, 0.3) is 0 Å². The minimum absolute atomic E-state index is 0.0767. The lowest BCUT2D eigenvalue weighted by molar-refractivity contribution is -0.121. The highest BCUT2D eigenvalue weighted by Crippen LogP contribution is 2.26. The molecule has 2 saturated heterocycles. The molecule has 0 spiro atoms. The Morgan fingerprint density at radius 3 is 1.64 bits per heavy atom. The highest BCUT2D eigenvalue weighted by atomic mass is 32.3. The number of carbonyl (C=O) groups is 4. The first-order chi connectivity index (χ1) is 21.9. The van der Waals surface area contributed by atoms with Crippen molar-refractivity contribution in [3.05, 3.63) is 48.5 Å². The monoisotopic (exact) mass is 674 g/mol. The highest BCUT2D eigenvalue weighted by molar-refractivity contribution is 7.82. The van der Waals surface area contributed by atoms with Gasteiger partial charge in [0.1, 0.15) is 34.8 Å². The third-order valence-corrected chi connectivity index (χ3v) is 7.78. The zero-order valence-electron chi connectivity index (χ0n) is 27.4. The van der Waals surface area contributed by atoms with Crippen LogP contribution in [0.15, 0.2) is 48.5 Å². The van der Waals surface area contributed by atoms with Gasteiger partial charge in [-0.1, -0.05) is 6.07 Å². The van der Waals surface area contributed by atoms with E-state index in [4.69, 9.17) is 17.8 Å². The van der Waals surface area contributed by atoms with E-state index in [1.807, 2.05) is 0 Å². The molecular weight excluding hydrogens is 632 g/mol. The van der Waals surface area contributed by atoms with Crippen LogP contribution in [0.5, 0.6) is 11.5 Å². The maximum atomic E-state index is 13.0. The Balaban J connectivity index is 1.32. The fourth-order valence-electron chi connectivity index (χ4n) is 5.08. The molecule has 2 fully saturated rings. The summed E-state index contributed by atoms with van der Waals surface area (Å²) in [5, 5.41) is 5.43. The molecule has 2 aliphatic rings. The van der Waals surface area contributed by atoms with Gasteiger partial charge in [-0.15, -0.1) is 8.42 Å². The van der Waals surface area contributed by atoms with Gasteiger partial charge in [0.05, 0.1) is 0 Å². The second kappa shape index (κ2) is 14.1. The number of nitrogens with one attached hydrogen (secondary N) is 2. The third kappa shape index (κ3) is 10.2. The van der Waals surface area contributed by atoms with Crippen molar-refractivity contribution in [2.45, 2.75) is 90.5 Å². The van der Waals surface area contributed by atoms with E-state index in [2.05, 4.69) is 10.6 Å². The molecule has 2 heterocycles. The zero-order valence-corrected chi connectivity index (χ0v) is 28.2. The number of rotatable bonds is 8. The van der Waals surface area contributed by atoms with Crippen molar-refractivity contribution in [3.8, 4) is 11.5 Å². The van der Waals surface area contributed by atoms with E-state index in [1.54, 1.807) is 47.6 Å². The lowest BCUT2D eigenvalue weighted by Gasteiger charge is -2.28. The predicted octanol–water partition coefficient (Wildman–Crippen LogP) is 5.07. The molecule has 0 aromatic heterocycles. The third-order valence-electron chi connectivity index (χ3n) is 6.99. The van der Waals surface area contributed by atoms with Crippen LogP contribution >= 0.6 is 0 Å². The summed E-state index contributed by atoms with van der Waals surface area (Å²) >= 11 is 0. The number of hydrogen-bond donors (Lipinski definition) is 2. The molecule has 2 aromatic rings. The summed E-state index contributed by atoms with van der Waals surface area (Å²) in [6, 6.07) is 9.88. The number of ether oxygens (including phenoxy) is 2. The Morgan fingerprint density at radius 1 is 0.681 bits per heavy atom. The van der Waals surface area contributed by atoms with Gasteiger partial charge >= 0.3 is 22.6 Å². The molecule has 256 valence electrons. The summed E-state index contributed by atoms with van der Waals surface area (Å²) in [6.07, 6.45) is 1.09. The molecular formula is C32H42N4O10S. The van der Waals surface area contributed by atoms with Gasteiger partial charge in [-0.05, 0) is 104 Å². The van der Waals surface area contributed by atoms with Crippen molar-refractivity contribution in [2.75, 3.05) is 23.7 Å². The van der Waals surface area contributed by atoms with Crippen molar-refractivity contribution in [1.29, 1.82) is 0 Å². The number of benzene rings is 2. The molecule has 2 N–H and O–H groups in total. The van der Waals surface area contributed by atoms with E-state index in [9.17, 15) is 27.6 Å². The van der Waals surface area contributed by atoms with Crippen LogP contribution in [0.3, 0.4) is 0 Å². The topological polar surface area (TPSA) is 170 Å². The van der Waals surface area contributed by atoms with Gasteiger partial charge in [-0.25, -0.2) is 9.59 Å². The Labute approximate surface area is 275 Å². The van der Waals surface area contributed by atoms with Crippen LogP contribution in [-0.4, -0.2) is 78.6 Å². The second-order valence-electron chi connectivity index (χ2n) is 13.3. The van der Waals surface area contributed by atoms with Crippen molar-refractivity contribution in [3.63, 3.8) is 0 Å². The highest BCUT2D eigenvalue weighted by Gasteiger charge is 2.38. The fraction of sp³-hybridized carbons (Fsp3) is 0.500. The van der Waals surface area contributed by atoms with E-state index >= 15 is 0 Å². The molecule has 15 heteroatoms. The van der Waals surface area contributed by atoms with E-state index < -0.39 is 57.7 Å². The Bertz CT molecular complexity index is 1580. The summed E-state index contributed by atoms with van der Waals surface area (Å²) in [4.78, 5) is 53.8. The van der Waals surface area contributed by atoms with Crippen LogP contribution < -0.4 is 19.0 Å². The van der Waals surface area contributed by atoms with Crippen LogP contribution in [0.1, 0.15) is 67.2 Å². The number of likely N-dealkylation sites (tertiary alicyclic amines) is 2. The maximum Gasteiger partial charge on any atom is 0.500 e. The van der Waals surface area contributed by atoms with Crippen molar-refractivity contribution < 1.29 is 45.4 Å². The summed E-state index contributed by atoms with van der Waals surface area (Å²) < 4.78 is 46.3. The van der Waals surface area contributed by atoms with Crippen LogP contribution in [0, 0.1) is 0 Å². The first-order valence-electron chi connectivity index (χ1n) is 15.3. The Morgan fingerprint density at radius 2 is 1.15 bits per heavy atom. The van der Waals surface area contributed by atoms with Gasteiger partial charge in [0.15, 0.2) is 0 Å². The quantitative estimate of drug-likeness (QED) is 0.386. The number of hydrogen-bond acceptors (Lipinski definition) is 10. The molecule has 2 aliphatic heterocycles. The Hall–Kier alpha value is -4.53. The van der Waals surface area contributed by atoms with Crippen molar-refractivity contribution >= 4 is 45.8 Å². The van der Waals surface area contributed by atoms with Gasteiger partial charge < -0.3 is 28.5 Å². The number of nitrogens with zero attached hydrogens (tertiary/aromatic N) is 2. The number of carbonyl (C=O) groups excluding carboxylic acids is 4. The van der Waals surface area contributed by atoms with Crippen LogP contribution in [0.2, 0.25) is 0 Å². The second-order valence-corrected chi connectivity index (χ2v) is 14.4. The molecule has 0 unspecified atom stereocenters. The molecule has 0 bridgehead atoms. The average Bonchev–Trinajstić information content (AvgIpc) is 3.63. The summed E-state index contributed by atoms with van der Waals surface area (Å²) in [7, 11) is -4.59. The standard InChI is InChI=1S/C32H42N4O10S/c1-31(2,3)43-29(39)35-18-8-12-25(35)27(37)33-21-14-16-23(17-15-21)45-47(41,42)46-24-11-7-10-22(20-24)34-28(38)26-13-9-19-36(26)30(40)44-32(4,5)6/h7,10-11,14-17,20,25-26H,8-9,12-13,18-19H2,1-6H3,(H,33,37)(H,34,38)/t25-,26+/m0/s1. The molecule has 0 radical (unpaired) electrons.